The van der Waals surface area contributed by atoms with Crippen LogP contribution in [0.5, 0.6) is 11.5 Å². The maximum Gasteiger partial charge on any atom is 0.265 e. The molecule has 128 valence electrons. The predicted octanol–water partition coefficient (Wildman–Crippen LogP) is 3.70. The van der Waals surface area contributed by atoms with Crippen molar-refractivity contribution in [2.24, 2.45) is 0 Å². The van der Waals surface area contributed by atoms with Gasteiger partial charge in [0.1, 0.15) is 0 Å². The highest BCUT2D eigenvalue weighted by molar-refractivity contribution is 5.94. The number of anilines is 1. The summed E-state index contributed by atoms with van der Waals surface area (Å²) in [5.41, 5.74) is 2.07. The minimum absolute atomic E-state index is 0.313. The van der Waals surface area contributed by atoms with Gasteiger partial charge in [-0.3, -0.25) is 4.79 Å². The Hall–Kier alpha value is -3.26. The number of carbonyl (C=O) groups excluding carboxylic acids is 1. The molecule has 0 fully saturated rings. The maximum absolute atomic E-state index is 12.3. The number of allylic oxidation sites excluding steroid dienone is 1. The Kier molecular flexibility index (Phi) is 6.19. The van der Waals surface area contributed by atoms with E-state index >= 15 is 0 Å². The van der Waals surface area contributed by atoms with Crippen LogP contribution in [0, 0.1) is 11.3 Å². The first-order valence-corrected chi connectivity index (χ1v) is 7.83. The number of amides is 1. The molecule has 0 bridgehead atoms. The lowest BCUT2D eigenvalue weighted by Crippen LogP contribution is -2.30. The van der Waals surface area contributed by atoms with Gasteiger partial charge < -0.3 is 14.8 Å². The molecule has 0 aliphatic carbocycles. The van der Waals surface area contributed by atoms with E-state index in [1.54, 1.807) is 50.4 Å². The lowest BCUT2D eigenvalue weighted by molar-refractivity contribution is -0.122. The number of carbonyl (C=O) groups is 1. The van der Waals surface area contributed by atoms with Crippen LogP contribution < -0.4 is 14.8 Å². The molecule has 5 nitrogen and oxygen atoms in total. The van der Waals surface area contributed by atoms with Crippen LogP contribution in [0.1, 0.15) is 18.1 Å². The predicted molar refractivity (Wildman–Crippen MR) is 96.8 cm³/mol. The van der Waals surface area contributed by atoms with Gasteiger partial charge in [-0.1, -0.05) is 18.2 Å². The van der Waals surface area contributed by atoms with Gasteiger partial charge in [-0.05, 0) is 49.2 Å². The van der Waals surface area contributed by atoms with E-state index in [1.807, 2.05) is 18.2 Å². The lowest BCUT2D eigenvalue weighted by atomic mass is 10.1. The summed E-state index contributed by atoms with van der Waals surface area (Å²) < 4.78 is 11.1. The van der Waals surface area contributed by atoms with Crippen LogP contribution in [0.2, 0.25) is 0 Å². The molecule has 0 saturated heterocycles. The van der Waals surface area contributed by atoms with E-state index in [0.29, 0.717) is 22.7 Å². The quantitative estimate of drug-likeness (QED) is 0.783. The van der Waals surface area contributed by atoms with E-state index in [1.165, 1.54) is 0 Å². The topological polar surface area (TPSA) is 71.3 Å². The Morgan fingerprint density at radius 3 is 2.80 bits per heavy atom. The van der Waals surface area contributed by atoms with E-state index in [0.717, 1.165) is 12.0 Å². The van der Waals surface area contributed by atoms with Crippen molar-refractivity contribution >= 4 is 11.6 Å². The summed E-state index contributed by atoms with van der Waals surface area (Å²) >= 11 is 0. The third-order valence-electron chi connectivity index (χ3n) is 3.54. The Bertz CT molecular complexity index is 809. The molecule has 0 spiro atoms. The van der Waals surface area contributed by atoms with Crippen molar-refractivity contribution in [2.75, 3.05) is 12.4 Å². The lowest BCUT2D eigenvalue weighted by Gasteiger charge is -2.17. The number of hydrogen-bond donors (Lipinski definition) is 1. The Labute approximate surface area is 147 Å². The molecule has 2 rings (SSSR count). The van der Waals surface area contributed by atoms with E-state index in [-0.39, 0.29) is 5.91 Å². The molecule has 1 unspecified atom stereocenters. The number of nitrogens with zero attached hydrogens (tertiary/aromatic N) is 1. The molecule has 0 radical (unpaired) electrons. The number of methoxy groups -OCH3 is 1. The normalized spacial score (nSPS) is 11.1. The second kappa shape index (κ2) is 8.55. The highest BCUT2D eigenvalue weighted by Gasteiger charge is 2.17. The highest BCUT2D eigenvalue weighted by atomic mass is 16.5. The average molecular weight is 336 g/mol. The van der Waals surface area contributed by atoms with Crippen molar-refractivity contribution < 1.29 is 14.3 Å². The second-order valence-electron chi connectivity index (χ2n) is 5.42. The zero-order valence-electron chi connectivity index (χ0n) is 14.3. The van der Waals surface area contributed by atoms with Crippen LogP contribution in [0.25, 0.3) is 0 Å². The number of ether oxygens (including phenoxy) is 2. The zero-order valence-corrected chi connectivity index (χ0v) is 14.3. The van der Waals surface area contributed by atoms with Crippen molar-refractivity contribution in [2.45, 2.75) is 19.4 Å². The minimum atomic E-state index is -0.732. The van der Waals surface area contributed by atoms with Crippen LogP contribution >= 0.6 is 0 Å². The van der Waals surface area contributed by atoms with E-state index in [4.69, 9.17) is 14.7 Å². The SMILES string of the molecule is C=CCc1ccc(OC(C)C(=O)Nc2cccc(C#N)c2)c(OC)c1. The van der Waals surface area contributed by atoms with Gasteiger partial charge in [0.15, 0.2) is 17.6 Å². The van der Waals surface area contributed by atoms with Gasteiger partial charge in [-0.15, -0.1) is 6.58 Å². The van der Waals surface area contributed by atoms with Crippen LogP contribution in [0.4, 0.5) is 5.69 Å². The summed E-state index contributed by atoms with van der Waals surface area (Å²) in [6.07, 6.45) is 1.80. The molecule has 0 heterocycles. The Balaban J connectivity index is 2.07. The first kappa shape index (κ1) is 18.1. The van der Waals surface area contributed by atoms with Crippen molar-refractivity contribution in [1.82, 2.24) is 0 Å². The molecule has 0 aromatic heterocycles. The summed E-state index contributed by atoms with van der Waals surface area (Å²) in [6.45, 7) is 5.37. The van der Waals surface area contributed by atoms with Gasteiger partial charge in [0.2, 0.25) is 0 Å². The van der Waals surface area contributed by atoms with E-state index in [9.17, 15) is 4.79 Å². The van der Waals surface area contributed by atoms with E-state index < -0.39 is 6.10 Å². The monoisotopic (exact) mass is 336 g/mol. The first-order valence-electron chi connectivity index (χ1n) is 7.83. The number of nitrogens with one attached hydrogen (secondary N) is 1. The van der Waals surface area contributed by atoms with Crippen LogP contribution in [-0.4, -0.2) is 19.1 Å². The molecule has 5 heteroatoms. The molecule has 1 N–H and O–H groups in total. The number of benzene rings is 2. The number of nitriles is 1. The van der Waals surface area contributed by atoms with Gasteiger partial charge in [0.25, 0.3) is 5.91 Å². The van der Waals surface area contributed by atoms with E-state index in [2.05, 4.69) is 11.9 Å². The van der Waals surface area contributed by atoms with Gasteiger partial charge in [-0.25, -0.2) is 0 Å². The standard InChI is InChI=1S/C20H20N2O3/c1-4-6-15-9-10-18(19(12-15)24-3)25-14(2)20(23)22-17-8-5-7-16(11-17)13-21/h4-5,7-12,14H,1,6H2,2-3H3,(H,22,23). The number of hydrogen-bond acceptors (Lipinski definition) is 4. The summed E-state index contributed by atoms with van der Waals surface area (Å²) in [5.74, 6) is 0.738. The fourth-order valence-electron chi connectivity index (χ4n) is 2.26. The van der Waals surface area contributed by atoms with Crippen LogP contribution in [0.3, 0.4) is 0 Å². The summed E-state index contributed by atoms with van der Waals surface area (Å²) in [4.78, 5) is 12.3. The molecule has 1 atom stereocenters. The molecular weight excluding hydrogens is 316 g/mol. The molecule has 2 aromatic rings. The smallest absolute Gasteiger partial charge is 0.265 e. The first-order chi connectivity index (χ1) is 12.1. The van der Waals surface area contributed by atoms with Gasteiger partial charge in [-0.2, -0.15) is 5.26 Å². The van der Waals surface area contributed by atoms with Gasteiger partial charge in [0, 0.05) is 5.69 Å². The van der Waals surface area contributed by atoms with Crippen molar-refractivity contribution in [3.63, 3.8) is 0 Å². The largest absolute Gasteiger partial charge is 0.493 e. The van der Waals surface area contributed by atoms with Crippen LogP contribution in [-0.2, 0) is 11.2 Å². The van der Waals surface area contributed by atoms with Crippen LogP contribution in [0.15, 0.2) is 55.1 Å². The zero-order chi connectivity index (χ0) is 18.2. The molecule has 0 aliphatic heterocycles. The van der Waals surface area contributed by atoms with Crippen molar-refractivity contribution in [1.29, 1.82) is 5.26 Å². The molecular formula is C20H20N2O3. The molecule has 25 heavy (non-hydrogen) atoms. The molecule has 0 aliphatic rings. The number of rotatable bonds is 7. The Morgan fingerprint density at radius 2 is 2.12 bits per heavy atom. The summed E-state index contributed by atoms with van der Waals surface area (Å²) in [5, 5.41) is 11.6. The second-order valence-corrected chi connectivity index (χ2v) is 5.42. The van der Waals surface area contributed by atoms with Crippen molar-refractivity contribution in [3.8, 4) is 17.6 Å². The fraction of sp³-hybridized carbons (Fsp3) is 0.200. The molecule has 2 aromatic carbocycles. The summed E-state index contributed by atoms with van der Waals surface area (Å²) in [7, 11) is 1.55. The van der Waals surface area contributed by atoms with Crippen molar-refractivity contribution in [3.05, 3.63) is 66.2 Å². The maximum atomic E-state index is 12.3. The molecule has 0 saturated carbocycles. The fourth-order valence-corrected chi connectivity index (χ4v) is 2.26. The van der Waals surface area contributed by atoms with Gasteiger partial charge >= 0.3 is 0 Å². The highest BCUT2D eigenvalue weighted by Crippen LogP contribution is 2.29. The molecule has 1 amide bonds. The third-order valence-corrected chi connectivity index (χ3v) is 3.54. The Morgan fingerprint density at radius 1 is 1.32 bits per heavy atom. The average Bonchev–Trinajstić information content (AvgIpc) is 2.63. The minimum Gasteiger partial charge on any atom is -0.493 e. The summed E-state index contributed by atoms with van der Waals surface area (Å²) in [6, 6.07) is 14.3. The van der Waals surface area contributed by atoms with Gasteiger partial charge in [0.05, 0.1) is 18.7 Å². The third kappa shape index (κ3) is 4.85.